The van der Waals surface area contributed by atoms with Gasteiger partial charge in [0.25, 0.3) is 0 Å². The van der Waals surface area contributed by atoms with Crippen molar-refractivity contribution in [3.63, 3.8) is 0 Å². The summed E-state index contributed by atoms with van der Waals surface area (Å²) in [6.45, 7) is 4.88. The molecule has 0 amide bonds. The average molecular weight is 273 g/mol. The van der Waals surface area contributed by atoms with E-state index in [0.29, 0.717) is 6.61 Å². The minimum absolute atomic E-state index is 0.635. The zero-order valence-electron chi connectivity index (χ0n) is 11.4. The van der Waals surface area contributed by atoms with Crippen LogP contribution >= 0.6 is 11.3 Å². The van der Waals surface area contributed by atoms with E-state index in [1.54, 1.807) is 11.3 Å². The van der Waals surface area contributed by atoms with Crippen molar-refractivity contribution in [2.45, 2.75) is 26.7 Å². The van der Waals surface area contributed by atoms with Crippen LogP contribution in [0, 0.1) is 6.92 Å². The number of nitrogens with zero attached hydrogens (tertiary/aromatic N) is 1. The van der Waals surface area contributed by atoms with Gasteiger partial charge in [-0.25, -0.2) is 4.98 Å². The highest BCUT2D eigenvalue weighted by Gasteiger charge is 2.02. The number of thiazole rings is 1. The molecule has 1 aromatic heterocycles. The van der Waals surface area contributed by atoms with E-state index in [9.17, 15) is 0 Å². The van der Waals surface area contributed by atoms with Crippen LogP contribution in [-0.2, 0) is 0 Å². The predicted molar refractivity (Wildman–Crippen MR) is 81.8 cm³/mol. The van der Waals surface area contributed by atoms with Gasteiger partial charge in [0.1, 0.15) is 17.4 Å². The van der Waals surface area contributed by atoms with Gasteiger partial charge in [-0.15, -0.1) is 11.3 Å². The third kappa shape index (κ3) is 4.21. The number of rotatable bonds is 6. The minimum atomic E-state index is 0.635. The first-order chi connectivity index (χ1) is 9.29. The number of hydrogen-bond acceptors (Lipinski definition) is 3. The van der Waals surface area contributed by atoms with Crippen molar-refractivity contribution < 1.29 is 4.74 Å². The van der Waals surface area contributed by atoms with Crippen LogP contribution < -0.4 is 4.74 Å². The molecule has 2 rings (SSSR count). The summed E-state index contributed by atoms with van der Waals surface area (Å²) in [6, 6.07) is 8.12. The van der Waals surface area contributed by atoms with Gasteiger partial charge in [0.2, 0.25) is 0 Å². The lowest BCUT2D eigenvalue weighted by Gasteiger charge is -2.03. The number of ether oxygens (including phenoxy) is 1. The second kappa shape index (κ2) is 7.10. The lowest BCUT2D eigenvalue weighted by molar-refractivity contribution is 0.362. The smallest absolute Gasteiger partial charge is 0.123 e. The van der Waals surface area contributed by atoms with Crippen molar-refractivity contribution in [1.82, 2.24) is 4.98 Å². The molecule has 0 atom stereocenters. The van der Waals surface area contributed by atoms with Crippen LogP contribution in [0.1, 0.15) is 24.6 Å². The number of hydrogen-bond donors (Lipinski definition) is 0. The standard InChI is InChI=1S/C16H19NOS/c1-3-4-5-6-11-18-15-9-7-14(8-10-15)16-17-12-13(2)19-16/h5-10,12H,3-4,11H2,1-2H3/b6-5+. The molecule has 2 nitrogen and oxygen atoms in total. The van der Waals surface area contributed by atoms with Crippen LogP contribution in [-0.4, -0.2) is 11.6 Å². The molecule has 0 unspecified atom stereocenters. The Hall–Kier alpha value is -1.61. The fraction of sp³-hybridized carbons (Fsp3) is 0.312. The minimum Gasteiger partial charge on any atom is -0.490 e. The Morgan fingerprint density at radius 1 is 1.21 bits per heavy atom. The summed E-state index contributed by atoms with van der Waals surface area (Å²) in [5.74, 6) is 0.901. The van der Waals surface area contributed by atoms with E-state index in [1.807, 2.05) is 18.3 Å². The van der Waals surface area contributed by atoms with Crippen molar-refractivity contribution in [2.24, 2.45) is 0 Å². The second-order valence-corrected chi connectivity index (χ2v) is 5.61. The van der Waals surface area contributed by atoms with E-state index in [0.717, 1.165) is 22.7 Å². The van der Waals surface area contributed by atoms with E-state index in [4.69, 9.17) is 4.74 Å². The highest BCUT2D eigenvalue weighted by atomic mass is 32.1. The van der Waals surface area contributed by atoms with Crippen molar-refractivity contribution >= 4 is 11.3 Å². The maximum Gasteiger partial charge on any atom is 0.123 e. The Morgan fingerprint density at radius 2 is 2.00 bits per heavy atom. The van der Waals surface area contributed by atoms with Crippen LogP contribution in [0.2, 0.25) is 0 Å². The third-order valence-electron chi connectivity index (χ3n) is 2.69. The molecule has 0 fully saturated rings. The first kappa shape index (κ1) is 13.8. The zero-order chi connectivity index (χ0) is 13.5. The van der Waals surface area contributed by atoms with E-state index in [-0.39, 0.29) is 0 Å². The molecule has 0 bridgehead atoms. The first-order valence-electron chi connectivity index (χ1n) is 6.60. The van der Waals surface area contributed by atoms with Crippen LogP contribution in [0.15, 0.2) is 42.6 Å². The number of allylic oxidation sites excluding steroid dienone is 1. The van der Waals surface area contributed by atoms with Gasteiger partial charge in [0, 0.05) is 16.6 Å². The van der Waals surface area contributed by atoms with Crippen LogP contribution in [0.25, 0.3) is 10.6 Å². The quantitative estimate of drug-likeness (QED) is 0.702. The van der Waals surface area contributed by atoms with Crippen LogP contribution in [0.3, 0.4) is 0 Å². The maximum absolute atomic E-state index is 5.64. The molecule has 0 aliphatic heterocycles. The fourth-order valence-electron chi connectivity index (χ4n) is 1.68. The summed E-state index contributed by atoms with van der Waals surface area (Å²) < 4.78 is 5.64. The molecule has 1 heterocycles. The number of unbranched alkanes of at least 4 members (excludes halogenated alkanes) is 1. The topological polar surface area (TPSA) is 22.1 Å². The molecule has 0 spiro atoms. The van der Waals surface area contributed by atoms with Gasteiger partial charge in [-0.2, -0.15) is 0 Å². The van der Waals surface area contributed by atoms with Gasteiger partial charge in [-0.1, -0.05) is 25.5 Å². The highest BCUT2D eigenvalue weighted by molar-refractivity contribution is 7.14. The van der Waals surface area contributed by atoms with Crippen molar-refractivity contribution in [3.8, 4) is 16.3 Å². The maximum atomic E-state index is 5.64. The molecule has 0 radical (unpaired) electrons. The fourth-order valence-corrected chi connectivity index (χ4v) is 2.45. The third-order valence-corrected chi connectivity index (χ3v) is 3.65. The Labute approximate surface area is 118 Å². The van der Waals surface area contributed by atoms with Gasteiger partial charge in [0.15, 0.2) is 0 Å². The molecule has 0 saturated heterocycles. The summed E-state index contributed by atoms with van der Waals surface area (Å²) in [5, 5.41) is 1.06. The molecular weight excluding hydrogens is 254 g/mol. The molecule has 0 aliphatic carbocycles. The van der Waals surface area contributed by atoms with Gasteiger partial charge in [0.05, 0.1) is 0 Å². The lowest BCUT2D eigenvalue weighted by Crippen LogP contribution is -1.92. The van der Waals surface area contributed by atoms with Crippen LogP contribution in [0.4, 0.5) is 0 Å². The average Bonchev–Trinajstić information content (AvgIpc) is 2.86. The lowest BCUT2D eigenvalue weighted by atomic mass is 10.2. The number of aryl methyl sites for hydroxylation is 1. The van der Waals surface area contributed by atoms with Gasteiger partial charge in [-0.05, 0) is 37.6 Å². The van der Waals surface area contributed by atoms with Crippen molar-refractivity contribution in [3.05, 3.63) is 47.5 Å². The second-order valence-electron chi connectivity index (χ2n) is 4.37. The molecule has 1 aromatic carbocycles. The molecule has 2 aromatic rings. The molecule has 19 heavy (non-hydrogen) atoms. The Morgan fingerprint density at radius 3 is 2.63 bits per heavy atom. The Bertz CT molecular complexity index is 528. The largest absolute Gasteiger partial charge is 0.490 e. The molecule has 0 saturated carbocycles. The van der Waals surface area contributed by atoms with E-state index in [2.05, 4.69) is 43.1 Å². The van der Waals surface area contributed by atoms with Crippen molar-refractivity contribution in [1.29, 1.82) is 0 Å². The molecule has 3 heteroatoms. The molecule has 0 aliphatic rings. The first-order valence-corrected chi connectivity index (χ1v) is 7.42. The molecular formula is C16H19NOS. The van der Waals surface area contributed by atoms with E-state index in [1.165, 1.54) is 11.3 Å². The molecule has 100 valence electrons. The van der Waals surface area contributed by atoms with Crippen LogP contribution in [0.5, 0.6) is 5.75 Å². The van der Waals surface area contributed by atoms with E-state index >= 15 is 0 Å². The normalized spacial score (nSPS) is 11.1. The summed E-state index contributed by atoms with van der Waals surface area (Å²) in [4.78, 5) is 5.61. The number of benzene rings is 1. The van der Waals surface area contributed by atoms with Gasteiger partial charge >= 0.3 is 0 Å². The summed E-state index contributed by atoms with van der Waals surface area (Å²) >= 11 is 1.71. The predicted octanol–water partition coefficient (Wildman–Crippen LogP) is 4.85. The van der Waals surface area contributed by atoms with Gasteiger partial charge in [-0.3, -0.25) is 0 Å². The SMILES string of the molecule is CCC/C=C/COc1ccc(-c2ncc(C)s2)cc1. The Balaban J connectivity index is 1.91. The summed E-state index contributed by atoms with van der Waals surface area (Å²) in [6.07, 6.45) is 8.43. The number of aromatic nitrogens is 1. The highest BCUT2D eigenvalue weighted by Crippen LogP contribution is 2.26. The Kier molecular flexibility index (Phi) is 5.16. The van der Waals surface area contributed by atoms with Crippen molar-refractivity contribution in [2.75, 3.05) is 6.61 Å². The van der Waals surface area contributed by atoms with E-state index < -0.39 is 0 Å². The summed E-state index contributed by atoms with van der Waals surface area (Å²) in [5.41, 5.74) is 1.15. The monoisotopic (exact) mass is 273 g/mol. The summed E-state index contributed by atoms with van der Waals surface area (Å²) in [7, 11) is 0. The molecule has 0 N–H and O–H groups in total. The van der Waals surface area contributed by atoms with Gasteiger partial charge < -0.3 is 4.74 Å². The zero-order valence-corrected chi connectivity index (χ0v) is 12.2.